The number of amides is 1. The average molecular weight is 372 g/mol. The van der Waals surface area contributed by atoms with Crippen LogP contribution >= 0.6 is 0 Å². The summed E-state index contributed by atoms with van der Waals surface area (Å²) >= 11 is 0. The number of aromatic nitrogens is 4. The van der Waals surface area contributed by atoms with Crippen LogP contribution in [0.25, 0.3) is 0 Å². The molecule has 0 aliphatic carbocycles. The zero-order valence-electron chi connectivity index (χ0n) is 15.2. The smallest absolute Gasteiger partial charge is 0.244 e. The molecule has 9 nitrogen and oxygen atoms in total. The zero-order chi connectivity index (χ0) is 18.5. The largest absolute Gasteiger partial charge is 0.379 e. The summed E-state index contributed by atoms with van der Waals surface area (Å²) in [4.78, 5) is 16.8. The van der Waals surface area contributed by atoms with Gasteiger partial charge in [0.1, 0.15) is 6.54 Å². The molecule has 1 amide bonds. The first-order chi connectivity index (χ1) is 13.3. The second kappa shape index (κ2) is 8.55. The van der Waals surface area contributed by atoms with Crippen LogP contribution < -0.4 is 0 Å². The molecule has 1 aromatic carbocycles. The van der Waals surface area contributed by atoms with Gasteiger partial charge in [-0.25, -0.2) is 4.68 Å². The number of hydrogen-bond donors (Lipinski definition) is 0. The molecule has 1 atom stereocenters. The molecule has 144 valence electrons. The number of rotatable bonds is 5. The van der Waals surface area contributed by atoms with Crippen molar-refractivity contribution in [3.05, 3.63) is 41.7 Å². The van der Waals surface area contributed by atoms with E-state index in [1.54, 1.807) is 9.58 Å². The van der Waals surface area contributed by atoms with E-state index in [-0.39, 0.29) is 18.5 Å². The molecular formula is C18H24N6O3. The molecule has 3 heterocycles. The molecule has 2 fully saturated rings. The highest BCUT2D eigenvalue weighted by Crippen LogP contribution is 2.27. The quantitative estimate of drug-likeness (QED) is 0.728. The summed E-state index contributed by atoms with van der Waals surface area (Å²) in [7, 11) is 0. The van der Waals surface area contributed by atoms with E-state index in [9.17, 15) is 4.79 Å². The number of hydrogen-bond acceptors (Lipinski definition) is 7. The number of nitrogens with zero attached hydrogens (tertiary/aromatic N) is 6. The number of tetrazole rings is 1. The van der Waals surface area contributed by atoms with Crippen molar-refractivity contribution < 1.29 is 14.3 Å². The number of benzene rings is 1. The van der Waals surface area contributed by atoms with Crippen molar-refractivity contribution in [2.45, 2.75) is 12.6 Å². The molecule has 2 saturated heterocycles. The molecular weight excluding hydrogens is 348 g/mol. The topological polar surface area (TPSA) is 85.6 Å². The number of carbonyl (C=O) groups is 1. The minimum absolute atomic E-state index is 0.0145. The van der Waals surface area contributed by atoms with E-state index in [0.29, 0.717) is 45.3 Å². The van der Waals surface area contributed by atoms with Crippen molar-refractivity contribution in [1.29, 1.82) is 0 Å². The molecule has 1 aromatic heterocycles. The van der Waals surface area contributed by atoms with Crippen molar-refractivity contribution in [2.75, 3.05) is 52.6 Å². The van der Waals surface area contributed by atoms with E-state index < -0.39 is 0 Å². The fraction of sp³-hybridized carbons (Fsp3) is 0.556. The highest BCUT2D eigenvalue weighted by Gasteiger charge is 2.30. The predicted octanol–water partition coefficient (Wildman–Crippen LogP) is -0.0465. The summed E-state index contributed by atoms with van der Waals surface area (Å²) < 4.78 is 12.5. The van der Waals surface area contributed by atoms with Gasteiger partial charge in [-0.3, -0.25) is 9.69 Å². The standard InChI is InChI=1S/C18H24N6O3/c25-16(22-6-10-26-11-7-22)14-24-18(19-20-21-24)17(15-4-2-1-3-5-15)23-8-12-27-13-9-23/h1-5,17H,6-14H2/t17-/m1/s1. The summed E-state index contributed by atoms with van der Waals surface area (Å²) in [6, 6.07) is 10.0. The maximum absolute atomic E-state index is 12.7. The van der Waals surface area contributed by atoms with Crippen LogP contribution in [-0.4, -0.2) is 88.5 Å². The molecule has 0 saturated carbocycles. The Morgan fingerprint density at radius 3 is 2.37 bits per heavy atom. The number of morpholine rings is 2. The van der Waals surface area contributed by atoms with Gasteiger partial charge in [-0.05, 0) is 16.0 Å². The molecule has 0 bridgehead atoms. The van der Waals surface area contributed by atoms with Gasteiger partial charge in [-0.2, -0.15) is 0 Å². The van der Waals surface area contributed by atoms with Crippen LogP contribution in [0.4, 0.5) is 0 Å². The van der Waals surface area contributed by atoms with E-state index in [2.05, 4.69) is 32.6 Å². The minimum atomic E-state index is -0.109. The summed E-state index contributed by atoms with van der Waals surface area (Å²) in [5.41, 5.74) is 1.11. The van der Waals surface area contributed by atoms with Crippen LogP contribution in [0.1, 0.15) is 17.4 Å². The van der Waals surface area contributed by atoms with Crippen LogP contribution in [0, 0.1) is 0 Å². The molecule has 0 radical (unpaired) electrons. The highest BCUT2D eigenvalue weighted by molar-refractivity contribution is 5.76. The minimum Gasteiger partial charge on any atom is -0.379 e. The fourth-order valence-electron chi connectivity index (χ4n) is 3.56. The fourth-order valence-corrected chi connectivity index (χ4v) is 3.56. The van der Waals surface area contributed by atoms with Crippen molar-refractivity contribution in [3.8, 4) is 0 Å². The van der Waals surface area contributed by atoms with Gasteiger partial charge >= 0.3 is 0 Å². The van der Waals surface area contributed by atoms with E-state index in [0.717, 1.165) is 18.7 Å². The molecule has 0 N–H and O–H groups in total. The Balaban J connectivity index is 1.59. The Labute approximate surface area is 157 Å². The molecule has 2 aromatic rings. The van der Waals surface area contributed by atoms with Gasteiger partial charge in [0.15, 0.2) is 5.82 Å². The van der Waals surface area contributed by atoms with Gasteiger partial charge < -0.3 is 14.4 Å². The van der Waals surface area contributed by atoms with Crippen LogP contribution in [0.2, 0.25) is 0 Å². The van der Waals surface area contributed by atoms with Crippen molar-refractivity contribution in [1.82, 2.24) is 30.0 Å². The van der Waals surface area contributed by atoms with E-state index in [1.807, 2.05) is 18.2 Å². The average Bonchev–Trinajstić information content (AvgIpc) is 3.18. The second-order valence-corrected chi connectivity index (χ2v) is 6.65. The van der Waals surface area contributed by atoms with Gasteiger partial charge in [-0.15, -0.1) is 5.10 Å². The third-order valence-corrected chi connectivity index (χ3v) is 4.98. The highest BCUT2D eigenvalue weighted by atomic mass is 16.5. The van der Waals surface area contributed by atoms with Gasteiger partial charge in [-0.1, -0.05) is 30.3 Å². The van der Waals surface area contributed by atoms with Crippen molar-refractivity contribution >= 4 is 5.91 Å². The maximum atomic E-state index is 12.7. The maximum Gasteiger partial charge on any atom is 0.244 e. The second-order valence-electron chi connectivity index (χ2n) is 6.65. The molecule has 9 heteroatoms. The lowest BCUT2D eigenvalue weighted by Gasteiger charge is -2.34. The molecule has 27 heavy (non-hydrogen) atoms. The summed E-state index contributed by atoms with van der Waals surface area (Å²) in [5.74, 6) is 0.699. The van der Waals surface area contributed by atoms with Gasteiger partial charge in [0.25, 0.3) is 0 Å². The Morgan fingerprint density at radius 2 is 1.67 bits per heavy atom. The third kappa shape index (κ3) is 4.15. The van der Waals surface area contributed by atoms with E-state index in [4.69, 9.17) is 9.47 Å². The molecule has 0 spiro atoms. The van der Waals surface area contributed by atoms with Gasteiger partial charge in [0, 0.05) is 26.2 Å². The molecule has 0 unspecified atom stereocenters. The lowest BCUT2D eigenvalue weighted by Crippen LogP contribution is -2.43. The first kappa shape index (κ1) is 18.0. The Kier molecular flexibility index (Phi) is 5.71. The van der Waals surface area contributed by atoms with Crippen LogP contribution in [-0.2, 0) is 20.8 Å². The first-order valence-corrected chi connectivity index (χ1v) is 9.31. The summed E-state index contributed by atoms with van der Waals surface area (Å²) in [6.45, 7) is 5.46. The van der Waals surface area contributed by atoms with Gasteiger partial charge in [0.05, 0.1) is 32.5 Å². The van der Waals surface area contributed by atoms with Crippen LogP contribution in [0.5, 0.6) is 0 Å². The summed E-state index contributed by atoms with van der Waals surface area (Å²) in [6.07, 6.45) is 0. The molecule has 4 rings (SSSR count). The molecule has 2 aliphatic heterocycles. The summed E-state index contributed by atoms with van der Waals surface area (Å²) in [5, 5.41) is 12.3. The SMILES string of the molecule is O=C(Cn1nnnc1[C@@H](c1ccccc1)N1CCOCC1)N1CCOCC1. The normalized spacial score (nSPS) is 19.8. The Hall–Kier alpha value is -2.36. The third-order valence-electron chi connectivity index (χ3n) is 4.98. The Morgan fingerprint density at radius 1 is 1.00 bits per heavy atom. The Bertz CT molecular complexity index is 741. The lowest BCUT2D eigenvalue weighted by atomic mass is 10.0. The predicted molar refractivity (Wildman–Crippen MR) is 95.9 cm³/mol. The number of ether oxygens (including phenoxy) is 2. The van der Waals surface area contributed by atoms with Crippen molar-refractivity contribution in [2.24, 2.45) is 0 Å². The molecule has 2 aliphatic rings. The van der Waals surface area contributed by atoms with Crippen LogP contribution in [0.3, 0.4) is 0 Å². The number of carbonyl (C=O) groups excluding carboxylic acids is 1. The lowest BCUT2D eigenvalue weighted by molar-refractivity contribution is -0.136. The van der Waals surface area contributed by atoms with Gasteiger partial charge in [0.2, 0.25) is 5.91 Å². The van der Waals surface area contributed by atoms with Crippen molar-refractivity contribution in [3.63, 3.8) is 0 Å². The van der Waals surface area contributed by atoms with E-state index >= 15 is 0 Å². The van der Waals surface area contributed by atoms with E-state index in [1.165, 1.54) is 0 Å². The first-order valence-electron chi connectivity index (χ1n) is 9.31. The van der Waals surface area contributed by atoms with Crippen LogP contribution in [0.15, 0.2) is 30.3 Å². The zero-order valence-corrected chi connectivity index (χ0v) is 15.2. The monoisotopic (exact) mass is 372 g/mol.